The van der Waals surface area contributed by atoms with Crippen molar-refractivity contribution >= 4 is 40.8 Å². The third kappa shape index (κ3) is 5.26. The first-order valence-electron chi connectivity index (χ1n) is 11.1. The fourth-order valence-corrected chi connectivity index (χ4v) is 4.50. The number of fused-ring (bicyclic) bond motifs is 1. The molecule has 0 aliphatic carbocycles. The predicted octanol–water partition coefficient (Wildman–Crippen LogP) is 5.83. The summed E-state index contributed by atoms with van der Waals surface area (Å²) in [5, 5.41) is 22.8. The zero-order valence-electron chi connectivity index (χ0n) is 19.6. The Balaban J connectivity index is 0.00000361. The van der Waals surface area contributed by atoms with Crippen LogP contribution in [0.15, 0.2) is 42.6 Å². The Morgan fingerprint density at radius 2 is 1.89 bits per heavy atom. The van der Waals surface area contributed by atoms with Gasteiger partial charge in [-0.05, 0) is 49.2 Å². The third-order valence-electron chi connectivity index (χ3n) is 6.40. The number of amides is 1. The molecule has 36 heavy (non-hydrogen) atoms. The Morgan fingerprint density at radius 3 is 2.50 bits per heavy atom. The minimum Gasteiger partial charge on any atom is -0.465 e. The maximum Gasteiger partial charge on any atom is 0.416 e. The number of hydrogen-bond acceptors (Lipinski definition) is 5. The third-order valence-corrected chi connectivity index (χ3v) is 6.40. The molecule has 7 nitrogen and oxygen atoms in total. The van der Waals surface area contributed by atoms with Crippen LogP contribution in [-0.2, 0) is 6.18 Å². The van der Waals surface area contributed by atoms with Crippen molar-refractivity contribution in [2.45, 2.75) is 26.1 Å². The van der Waals surface area contributed by atoms with Gasteiger partial charge in [-0.2, -0.15) is 18.4 Å². The number of nitriles is 1. The molecule has 1 fully saturated rings. The van der Waals surface area contributed by atoms with E-state index in [0.717, 1.165) is 11.8 Å². The summed E-state index contributed by atoms with van der Waals surface area (Å²) < 4.78 is 40.3. The number of nitrogens with one attached hydrogen (secondary N) is 1. The van der Waals surface area contributed by atoms with E-state index in [1.807, 2.05) is 18.2 Å². The Kier molecular flexibility index (Phi) is 7.84. The highest BCUT2D eigenvalue weighted by molar-refractivity contribution is 5.96. The van der Waals surface area contributed by atoms with Crippen LogP contribution in [0.4, 0.5) is 29.3 Å². The molecule has 190 valence electrons. The second-order valence-corrected chi connectivity index (χ2v) is 8.50. The first kappa shape index (κ1) is 26.9. The lowest BCUT2D eigenvalue weighted by atomic mass is 9.96. The van der Waals surface area contributed by atoms with Crippen LogP contribution in [-0.4, -0.2) is 47.3 Å². The largest absolute Gasteiger partial charge is 0.465 e. The molecule has 2 heterocycles. The number of pyridine rings is 1. The number of halogens is 4. The highest BCUT2D eigenvalue weighted by Crippen LogP contribution is 2.37. The van der Waals surface area contributed by atoms with Crippen LogP contribution in [0.2, 0.25) is 0 Å². The first-order chi connectivity index (χ1) is 16.6. The van der Waals surface area contributed by atoms with Gasteiger partial charge in [-0.3, -0.25) is 4.98 Å². The maximum absolute atomic E-state index is 13.4. The number of alkyl halides is 3. The van der Waals surface area contributed by atoms with E-state index in [1.165, 1.54) is 24.1 Å². The number of rotatable bonds is 4. The molecule has 4 rings (SSSR count). The van der Waals surface area contributed by atoms with Crippen molar-refractivity contribution in [2.75, 3.05) is 36.4 Å². The topological polar surface area (TPSA) is 92.5 Å². The van der Waals surface area contributed by atoms with Crippen LogP contribution in [0.3, 0.4) is 0 Å². The summed E-state index contributed by atoms with van der Waals surface area (Å²) in [5.74, 6) is 0. The van der Waals surface area contributed by atoms with Crippen molar-refractivity contribution in [2.24, 2.45) is 0 Å². The molecule has 0 radical (unpaired) electrons. The Labute approximate surface area is 212 Å². The maximum atomic E-state index is 13.4. The number of aromatic nitrogens is 1. The van der Waals surface area contributed by atoms with Gasteiger partial charge in [0, 0.05) is 49.5 Å². The minimum atomic E-state index is -4.46. The fourth-order valence-electron chi connectivity index (χ4n) is 4.50. The zero-order chi connectivity index (χ0) is 25.3. The van der Waals surface area contributed by atoms with Gasteiger partial charge in [0.15, 0.2) is 0 Å². The van der Waals surface area contributed by atoms with Gasteiger partial charge in [0.05, 0.1) is 22.3 Å². The number of nitrogens with zero attached hydrogens (tertiary/aromatic N) is 4. The van der Waals surface area contributed by atoms with Crippen molar-refractivity contribution in [3.8, 4) is 6.07 Å². The molecule has 0 saturated carbocycles. The van der Waals surface area contributed by atoms with E-state index in [1.54, 1.807) is 13.0 Å². The van der Waals surface area contributed by atoms with Gasteiger partial charge in [0.2, 0.25) is 0 Å². The van der Waals surface area contributed by atoms with Crippen LogP contribution in [0.25, 0.3) is 10.9 Å². The number of hydrogen-bond donors (Lipinski definition) is 2. The lowest BCUT2D eigenvalue weighted by molar-refractivity contribution is -0.138. The molecule has 1 atom stereocenters. The second kappa shape index (κ2) is 10.5. The molecule has 1 aliphatic heterocycles. The predicted molar refractivity (Wildman–Crippen MR) is 134 cm³/mol. The number of piperazine rings is 1. The van der Waals surface area contributed by atoms with E-state index in [4.69, 9.17) is 0 Å². The van der Waals surface area contributed by atoms with Gasteiger partial charge in [-0.25, -0.2) is 4.79 Å². The molecule has 2 aromatic carbocycles. The molecule has 0 unspecified atom stereocenters. The first-order valence-corrected chi connectivity index (χ1v) is 11.1. The monoisotopic (exact) mass is 519 g/mol. The Morgan fingerprint density at radius 1 is 1.19 bits per heavy atom. The van der Waals surface area contributed by atoms with Crippen LogP contribution < -0.4 is 10.2 Å². The van der Waals surface area contributed by atoms with Crippen molar-refractivity contribution in [1.29, 1.82) is 5.26 Å². The molecular formula is C25H25ClF3N5O2. The number of carboxylic acid groups (broad SMARTS) is 1. The van der Waals surface area contributed by atoms with Crippen molar-refractivity contribution in [3.05, 3.63) is 64.8 Å². The summed E-state index contributed by atoms with van der Waals surface area (Å²) in [7, 11) is 0. The average Bonchev–Trinajstić information content (AvgIpc) is 2.83. The van der Waals surface area contributed by atoms with Gasteiger partial charge in [-0.15, -0.1) is 12.4 Å². The zero-order valence-corrected chi connectivity index (χ0v) is 20.5. The van der Waals surface area contributed by atoms with Crippen LogP contribution in [0.5, 0.6) is 0 Å². The second-order valence-electron chi connectivity index (χ2n) is 8.50. The molecule has 11 heteroatoms. The van der Waals surface area contributed by atoms with Crippen LogP contribution in [0.1, 0.15) is 35.2 Å². The average molecular weight is 520 g/mol. The van der Waals surface area contributed by atoms with Crippen molar-refractivity contribution in [3.63, 3.8) is 0 Å². The van der Waals surface area contributed by atoms with E-state index in [0.29, 0.717) is 48.3 Å². The van der Waals surface area contributed by atoms with E-state index in [-0.39, 0.29) is 23.5 Å². The quantitative estimate of drug-likeness (QED) is 0.450. The highest BCUT2D eigenvalue weighted by Gasteiger charge is 2.33. The summed E-state index contributed by atoms with van der Waals surface area (Å²) in [4.78, 5) is 19.0. The summed E-state index contributed by atoms with van der Waals surface area (Å²) in [5.41, 5.74) is 2.18. The van der Waals surface area contributed by atoms with Gasteiger partial charge in [-0.1, -0.05) is 12.1 Å². The standard InChI is InChI=1S/C25H24F3N5O2.ClH/c1-15-19(4-3-5-21(15)25(26,27)28)16(2)31-23-17(13-29)14-30-22-7-6-18(12-20(22)23)32-8-10-33(11-9-32)24(34)35;/h3-7,12,14,16H,8-11H2,1-2H3,(H,30,31)(H,34,35);1H/t16-;/m1./s1. The highest BCUT2D eigenvalue weighted by atomic mass is 35.5. The molecule has 1 aromatic heterocycles. The van der Waals surface area contributed by atoms with Crippen molar-refractivity contribution < 1.29 is 23.1 Å². The Hall–Kier alpha value is -3.71. The van der Waals surface area contributed by atoms with Gasteiger partial charge in [0.25, 0.3) is 0 Å². The van der Waals surface area contributed by atoms with Gasteiger partial charge >= 0.3 is 12.3 Å². The molecular weight excluding hydrogens is 495 g/mol. The van der Waals surface area contributed by atoms with E-state index in [9.17, 15) is 28.3 Å². The van der Waals surface area contributed by atoms with Gasteiger partial charge < -0.3 is 20.2 Å². The van der Waals surface area contributed by atoms with Gasteiger partial charge in [0.1, 0.15) is 6.07 Å². The molecule has 1 amide bonds. The Bertz CT molecular complexity index is 1320. The van der Waals surface area contributed by atoms with Crippen molar-refractivity contribution in [1.82, 2.24) is 9.88 Å². The lowest BCUT2D eigenvalue weighted by Gasteiger charge is -2.34. The van der Waals surface area contributed by atoms with Crippen LogP contribution in [0, 0.1) is 18.3 Å². The van der Waals surface area contributed by atoms with Crippen LogP contribution >= 0.6 is 12.4 Å². The summed E-state index contributed by atoms with van der Waals surface area (Å²) >= 11 is 0. The molecule has 1 aliphatic rings. The van der Waals surface area contributed by atoms with E-state index >= 15 is 0 Å². The smallest absolute Gasteiger partial charge is 0.416 e. The molecule has 1 saturated heterocycles. The molecule has 3 aromatic rings. The minimum absolute atomic E-state index is 0. The summed E-state index contributed by atoms with van der Waals surface area (Å²) in [6.07, 6.45) is -3.96. The number of anilines is 2. The summed E-state index contributed by atoms with van der Waals surface area (Å²) in [6, 6.07) is 11.3. The van der Waals surface area contributed by atoms with E-state index < -0.39 is 23.9 Å². The normalized spacial score (nSPS) is 14.7. The molecule has 0 bridgehead atoms. The van der Waals surface area contributed by atoms with E-state index in [2.05, 4.69) is 21.3 Å². The molecule has 0 spiro atoms. The molecule has 2 N–H and O–H groups in total. The lowest BCUT2D eigenvalue weighted by Crippen LogP contribution is -2.48. The summed E-state index contributed by atoms with van der Waals surface area (Å²) in [6.45, 7) is 4.99. The SMILES string of the molecule is Cc1c([C@@H](C)Nc2c(C#N)cnc3ccc(N4CCN(C(=O)O)CC4)cc23)cccc1C(F)(F)F.Cl. The number of carbonyl (C=O) groups is 1. The number of benzene rings is 2. The fraction of sp³-hybridized carbons (Fsp3) is 0.320.